The van der Waals surface area contributed by atoms with Crippen LogP contribution >= 0.6 is 0 Å². The van der Waals surface area contributed by atoms with Crippen molar-refractivity contribution >= 4 is 22.5 Å². The Morgan fingerprint density at radius 2 is 2.00 bits per heavy atom. The number of fused-ring (bicyclic) bond motifs is 2. The van der Waals surface area contributed by atoms with Gasteiger partial charge in [-0.05, 0) is 19.1 Å². The average Bonchev–Trinajstić information content (AvgIpc) is 2.67. The molecule has 0 unspecified atom stereocenters. The van der Waals surface area contributed by atoms with Crippen molar-refractivity contribution in [3.05, 3.63) is 23.5 Å². The normalized spacial score (nSPS) is 17.7. The van der Waals surface area contributed by atoms with E-state index in [-0.39, 0.29) is 5.91 Å². The van der Waals surface area contributed by atoms with Crippen LogP contribution in [0.2, 0.25) is 0 Å². The van der Waals surface area contributed by atoms with Crippen LogP contribution < -0.4 is 9.64 Å². The van der Waals surface area contributed by atoms with Gasteiger partial charge in [-0.3, -0.25) is 4.79 Å². The summed E-state index contributed by atoms with van der Waals surface area (Å²) < 4.78 is 10.6. The van der Waals surface area contributed by atoms with Gasteiger partial charge in [-0.15, -0.1) is 0 Å². The Morgan fingerprint density at radius 1 is 1.25 bits per heavy atom. The number of nitrogens with zero attached hydrogens (tertiary/aromatic N) is 3. The van der Waals surface area contributed by atoms with Gasteiger partial charge in [0.1, 0.15) is 5.82 Å². The summed E-state index contributed by atoms with van der Waals surface area (Å²) >= 11 is 0. The number of carbonyl (C=O) groups excluding carboxylic acids is 1. The molecule has 1 aliphatic rings. The van der Waals surface area contributed by atoms with E-state index in [9.17, 15) is 4.79 Å². The Hall–Kier alpha value is -2.21. The number of anilines is 1. The van der Waals surface area contributed by atoms with E-state index in [0.29, 0.717) is 11.7 Å². The molecule has 2 heterocycles. The first-order chi connectivity index (χ1) is 9.56. The van der Waals surface area contributed by atoms with Crippen LogP contribution in [0.15, 0.2) is 12.1 Å². The minimum Gasteiger partial charge on any atom is -0.480 e. The Balaban J connectivity index is 2.32. The first kappa shape index (κ1) is 12.8. The summed E-state index contributed by atoms with van der Waals surface area (Å²) in [6, 6.07) is 3.75. The fraction of sp³-hybridized carbons (Fsp3) is 0.357. The van der Waals surface area contributed by atoms with E-state index < -0.39 is 6.10 Å². The van der Waals surface area contributed by atoms with Crippen molar-refractivity contribution in [3.8, 4) is 5.88 Å². The molecular formula is C14H15N3O3. The number of hydrogen-bond acceptors (Lipinski definition) is 5. The topological polar surface area (TPSA) is 64.6 Å². The van der Waals surface area contributed by atoms with Gasteiger partial charge < -0.3 is 14.4 Å². The van der Waals surface area contributed by atoms with Crippen molar-refractivity contribution in [1.82, 2.24) is 9.97 Å². The average molecular weight is 273 g/mol. The summed E-state index contributed by atoms with van der Waals surface area (Å²) in [5.74, 6) is 1.06. The minimum atomic E-state index is -0.569. The summed E-state index contributed by atoms with van der Waals surface area (Å²) in [4.78, 5) is 22.4. The quantitative estimate of drug-likeness (QED) is 0.831. The third-order valence-corrected chi connectivity index (χ3v) is 3.55. The van der Waals surface area contributed by atoms with Crippen molar-refractivity contribution in [2.45, 2.75) is 13.0 Å². The molecule has 0 saturated carbocycles. The van der Waals surface area contributed by atoms with Crippen molar-refractivity contribution in [3.63, 3.8) is 0 Å². The summed E-state index contributed by atoms with van der Waals surface area (Å²) in [5, 5.41) is 0.785. The molecule has 6 heteroatoms. The molecule has 2 aromatic rings. The second-order valence-corrected chi connectivity index (χ2v) is 4.72. The molecule has 1 aromatic heterocycles. The number of rotatable bonds is 2. The molecule has 104 valence electrons. The van der Waals surface area contributed by atoms with Gasteiger partial charge in [-0.25, -0.2) is 4.98 Å². The lowest BCUT2D eigenvalue weighted by atomic mass is 10.1. The van der Waals surface area contributed by atoms with Gasteiger partial charge in [0.15, 0.2) is 6.10 Å². The van der Waals surface area contributed by atoms with Crippen molar-refractivity contribution in [1.29, 1.82) is 0 Å². The van der Waals surface area contributed by atoms with E-state index in [0.717, 1.165) is 22.2 Å². The van der Waals surface area contributed by atoms with Crippen LogP contribution in [0.4, 0.5) is 5.69 Å². The highest BCUT2D eigenvalue weighted by molar-refractivity contribution is 6.06. The first-order valence-corrected chi connectivity index (χ1v) is 6.23. The number of hydrogen-bond donors (Lipinski definition) is 0. The fourth-order valence-corrected chi connectivity index (χ4v) is 2.57. The molecule has 1 aromatic carbocycles. The van der Waals surface area contributed by atoms with Crippen LogP contribution in [-0.4, -0.2) is 37.1 Å². The third kappa shape index (κ3) is 1.65. The number of amides is 1. The van der Waals surface area contributed by atoms with E-state index in [4.69, 9.17) is 9.47 Å². The molecule has 0 spiro atoms. The maximum atomic E-state index is 12.1. The summed E-state index contributed by atoms with van der Waals surface area (Å²) in [6.45, 7) is 1.81. The number of benzene rings is 1. The molecule has 1 atom stereocenters. The van der Waals surface area contributed by atoms with Gasteiger partial charge in [-0.1, -0.05) is 0 Å². The van der Waals surface area contributed by atoms with Crippen molar-refractivity contribution in [2.75, 3.05) is 26.2 Å². The molecule has 0 bridgehead atoms. The zero-order chi connectivity index (χ0) is 14.4. The monoisotopic (exact) mass is 273 g/mol. The molecule has 0 aliphatic carbocycles. The molecular weight excluding hydrogens is 258 g/mol. The van der Waals surface area contributed by atoms with Gasteiger partial charge >= 0.3 is 0 Å². The zero-order valence-corrected chi connectivity index (χ0v) is 11.8. The number of aryl methyl sites for hydroxylation is 1. The van der Waals surface area contributed by atoms with Gasteiger partial charge in [0.05, 0.1) is 23.7 Å². The van der Waals surface area contributed by atoms with Crippen LogP contribution in [0, 0.1) is 6.92 Å². The Morgan fingerprint density at radius 3 is 2.65 bits per heavy atom. The SMILES string of the molecule is COc1nc(C)nc2cc3c(cc12)N(C)C(=O)[C@H]3OC. The lowest BCUT2D eigenvalue weighted by Gasteiger charge is -2.11. The van der Waals surface area contributed by atoms with Crippen LogP contribution in [0.3, 0.4) is 0 Å². The zero-order valence-electron chi connectivity index (χ0n) is 11.8. The van der Waals surface area contributed by atoms with E-state index >= 15 is 0 Å². The van der Waals surface area contributed by atoms with Crippen LogP contribution in [-0.2, 0) is 9.53 Å². The number of carbonyl (C=O) groups is 1. The van der Waals surface area contributed by atoms with E-state index in [2.05, 4.69) is 9.97 Å². The summed E-state index contributed by atoms with van der Waals surface area (Å²) in [6.07, 6.45) is -0.569. The largest absolute Gasteiger partial charge is 0.480 e. The third-order valence-electron chi connectivity index (χ3n) is 3.55. The molecule has 0 radical (unpaired) electrons. The van der Waals surface area contributed by atoms with Crippen LogP contribution in [0.25, 0.3) is 10.9 Å². The Kier molecular flexibility index (Phi) is 2.83. The smallest absolute Gasteiger partial charge is 0.260 e. The standard InChI is InChI=1S/C14H15N3O3/c1-7-15-10-5-9-11(6-8(10)13(16-7)20-4)17(2)14(18)12(9)19-3/h5-6,12H,1-4H3/t12-/m0/s1. The van der Waals surface area contributed by atoms with Crippen LogP contribution in [0.5, 0.6) is 5.88 Å². The molecule has 6 nitrogen and oxygen atoms in total. The predicted molar refractivity (Wildman–Crippen MR) is 74.0 cm³/mol. The van der Waals surface area contributed by atoms with E-state index in [1.54, 1.807) is 26.0 Å². The van der Waals surface area contributed by atoms with Gasteiger partial charge in [-0.2, -0.15) is 4.98 Å². The number of methoxy groups -OCH3 is 2. The number of likely N-dealkylation sites (N-methyl/N-ethyl adjacent to an activating group) is 1. The maximum Gasteiger partial charge on any atom is 0.260 e. The summed E-state index contributed by atoms with van der Waals surface area (Å²) in [7, 11) is 4.83. The predicted octanol–water partition coefficient (Wildman–Crippen LogP) is 1.61. The lowest BCUT2D eigenvalue weighted by molar-refractivity contribution is -0.127. The second-order valence-electron chi connectivity index (χ2n) is 4.72. The number of aromatic nitrogens is 2. The minimum absolute atomic E-state index is 0.0820. The van der Waals surface area contributed by atoms with Gasteiger partial charge in [0.2, 0.25) is 5.88 Å². The van der Waals surface area contributed by atoms with E-state index in [1.807, 2.05) is 12.1 Å². The number of ether oxygens (including phenoxy) is 2. The molecule has 0 saturated heterocycles. The lowest BCUT2D eigenvalue weighted by Crippen LogP contribution is -2.24. The van der Waals surface area contributed by atoms with Gasteiger partial charge in [0.25, 0.3) is 5.91 Å². The van der Waals surface area contributed by atoms with Crippen LogP contribution in [0.1, 0.15) is 17.5 Å². The molecule has 0 N–H and O–H groups in total. The Bertz CT molecular complexity index is 714. The molecule has 0 fully saturated rings. The van der Waals surface area contributed by atoms with Crippen molar-refractivity contribution in [2.24, 2.45) is 0 Å². The molecule has 1 aliphatic heterocycles. The molecule has 3 rings (SSSR count). The Labute approximate surface area is 116 Å². The first-order valence-electron chi connectivity index (χ1n) is 6.23. The highest BCUT2D eigenvalue weighted by Crippen LogP contribution is 2.40. The highest BCUT2D eigenvalue weighted by atomic mass is 16.5. The molecule has 20 heavy (non-hydrogen) atoms. The second kappa shape index (κ2) is 4.42. The summed E-state index contributed by atoms with van der Waals surface area (Å²) in [5.41, 5.74) is 2.38. The molecule has 1 amide bonds. The van der Waals surface area contributed by atoms with Crippen molar-refractivity contribution < 1.29 is 14.3 Å². The highest BCUT2D eigenvalue weighted by Gasteiger charge is 2.36. The fourth-order valence-electron chi connectivity index (χ4n) is 2.57. The van der Waals surface area contributed by atoms with E-state index in [1.165, 1.54) is 7.11 Å². The maximum absolute atomic E-state index is 12.1. The van der Waals surface area contributed by atoms with Gasteiger partial charge in [0, 0.05) is 19.7 Å².